The van der Waals surface area contributed by atoms with Crippen molar-refractivity contribution < 1.29 is 4.39 Å². The van der Waals surface area contributed by atoms with Crippen molar-refractivity contribution in [2.45, 2.75) is 39.0 Å². The fourth-order valence-corrected chi connectivity index (χ4v) is 2.57. The molecule has 2 nitrogen and oxygen atoms in total. The molecule has 1 aromatic carbocycles. The largest absolute Gasteiger partial charge is 0.399 e. The summed E-state index contributed by atoms with van der Waals surface area (Å²) < 4.78 is 13.6. The molecule has 0 radical (unpaired) electrons. The van der Waals surface area contributed by atoms with Gasteiger partial charge in [-0.15, -0.1) is 0 Å². The Hall–Kier alpha value is -1.25. The summed E-state index contributed by atoms with van der Waals surface area (Å²) in [5.74, 6) is -0.260. The van der Waals surface area contributed by atoms with Gasteiger partial charge in [0, 0.05) is 12.2 Å². The summed E-state index contributed by atoms with van der Waals surface area (Å²) in [6.07, 6.45) is 6.39. The Morgan fingerprint density at radius 1 is 1.29 bits per heavy atom. The Morgan fingerprint density at radius 3 is 2.65 bits per heavy atom. The van der Waals surface area contributed by atoms with Crippen LogP contribution in [0.1, 0.15) is 39.0 Å². The van der Waals surface area contributed by atoms with Crippen LogP contribution >= 0.6 is 0 Å². The van der Waals surface area contributed by atoms with Gasteiger partial charge in [-0.2, -0.15) is 0 Å². The van der Waals surface area contributed by atoms with Crippen LogP contribution in [0.25, 0.3) is 0 Å². The number of anilines is 2. The molecule has 2 rings (SSSR count). The first-order valence-corrected chi connectivity index (χ1v) is 6.38. The second-order valence-electron chi connectivity index (χ2n) is 5.46. The average molecular weight is 236 g/mol. The summed E-state index contributed by atoms with van der Waals surface area (Å²) in [5, 5.41) is 3.22. The summed E-state index contributed by atoms with van der Waals surface area (Å²) in [6.45, 7) is 3.13. The zero-order valence-corrected chi connectivity index (χ0v) is 10.4. The average Bonchev–Trinajstić information content (AvgIpc) is 2.29. The van der Waals surface area contributed by atoms with E-state index in [0.29, 0.717) is 16.8 Å². The normalized spacial score (nSPS) is 18.9. The summed E-state index contributed by atoms with van der Waals surface area (Å²) in [4.78, 5) is 0. The molecule has 0 unspecified atom stereocenters. The smallest absolute Gasteiger partial charge is 0.148 e. The molecule has 3 N–H and O–H groups in total. The monoisotopic (exact) mass is 236 g/mol. The van der Waals surface area contributed by atoms with Crippen molar-refractivity contribution in [3.05, 3.63) is 24.0 Å². The van der Waals surface area contributed by atoms with Gasteiger partial charge >= 0.3 is 0 Å². The highest BCUT2D eigenvalue weighted by molar-refractivity contribution is 5.52. The van der Waals surface area contributed by atoms with Crippen molar-refractivity contribution >= 4 is 11.4 Å². The van der Waals surface area contributed by atoms with E-state index in [1.165, 1.54) is 38.2 Å². The number of nitrogen functional groups attached to an aromatic ring is 1. The number of benzene rings is 1. The third-order valence-electron chi connectivity index (χ3n) is 3.76. The van der Waals surface area contributed by atoms with Gasteiger partial charge in [-0.1, -0.05) is 26.2 Å². The molecule has 0 aromatic heterocycles. The van der Waals surface area contributed by atoms with Gasteiger partial charge < -0.3 is 11.1 Å². The van der Waals surface area contributed by atoms with Crippen molar-refractivity contribution in [3.63, 3.8) is 0 Å². The zero-order valence-electron chi connectivity index (χ0n) is 10.4. The summed E-state index contributed by atoms with van der Waals surface area (Å²) in [6, 6.07) is 4.82. The molecule has 1 fully saturated rings. The lowest BCUT2D eigenvalue weighted by Gasteiger charge is -2.34. The molecular weight excluding hydrogens is 215 g/mol. The molecule has 1 saturated carbocycles. The van der Waals surface area contributed by atoms with Crippen LogP contribution in [0, 0.1) is 11.2 Å². The maximum atomic E-state index is 13.6. The molecule has 0 amide bonds. The molecule has 0 heterocycles. The van der Waals surface area contributed by atoms with Crippen LogP contribution in [0.5, 0.6) is 0 Å². The van der Waals surface area contributed by atoms with Crippen LogP contribution in [0.15, 0.2) is 18.2 Å². The minimum Gasteiger partial charge on any atom is -0.399 e. The maximum Gasteiger partial charge on any atom is 0.148 e. The second kappa shape index (κ2) is 4.94. The predicted octanol–water partition coefficient (Wildman–Crippen LogP) is 3.79. The summed E-state index contributed by atoms with van der Waals surface area (Å²) in [7, 11) is 0. The number of nitrogens with one attached hydrogen (secondary N) is 1. The van der Waals surface area contributed by atoms with Gasteiger partial charge in [-0.3, -0.25) is 0 Å². The van der Waals surface area contributed by atoms with E-state index in [9.17, 15) is 4.39 Å². The van der Waals surface area contributed by atoms with E-state index in [2.05, 4.69) is 12.2 Å². The minimum atomic E-state index is -0.260. The van der Waals surface area contributed by atoms with Crippen LogP contribution in [0.2, 0.25) is 0 Å². The predicted molar refractivity (Wildman–Crippen MR) is 70.5 cm³/mol. The van der Waals surface area contributed by atoms with Gasteiger partial charge in [0.1, 0.15) is 5.82 Å². The van der Waals surface area contributed by atoms with Gasteiger partial charge in [0.25, 0.3) is 0 Å². The quantitative estimate of drug-likeness (QED) is 0.784. The van der Waals surface area contributed by atoms with Gasteiger partial charge in [0.2, 0.25) is 0 Å². The van der Waals surface area contributed by atoms with Crippen LogP contribution in [0.4, 0.5) is 15.8 Å². The maximum absolute atomic E-state index is 13.6. The highest BCUT2D eigenvalue weighted by Crippen LogP contribution is 2.36. The van der Waals surface area contributed by atoms with Crippen molar-refractivity contribution in [1.29, 1.82) is 0 Å². The minimum absolute atomic E-state index is 0.260. The number of hydrogen-bond donors (Lipinski definition) is 2. The molecule has 3 heteroatoms. The summed E-state index contributed by atoms with van der Waals surface area (Å²) in [5.41, 5.74) is 6.87. The van der Waals surface area contributed by atoms with Crippen LogP contribution < -0.4 is 11.1 Å². The lowest BCUT2D eigenvalue weighted by atomic mass is 9.76. The SMILES string of the molecule is CC1(CNc2ccc(N)cc2F)CCCCC1. The molecular formula is C14H21FN2. The van der Waals surface area contributed by atoms with E-state index in [0.717, 1.165) is 6.54 Å². The van der Waals surface area contributed by atoms with E-state index in [4.69, 9.17) is 5.73 Å². The highest BCUT2D eigenvalue weighted by atomic mass is 19.1. The Bertz CT molecular complexity index is 384. The topological polar surface area (TPSA) is 38.0 Å². The highest BCUT2D eigenvalue weighted by Gasteiger charge is 2.26. The van der Waals surface area contributed by atoms with Gasteiger partial charge in [-0.25, -0.2) is 4.39 Å². The molecule has 94 valence electrons. The molecule has 0 bridgehead atoms. The van der Waals surface area contributed by atoms with Gasteiger partial charge in [-0.05, 0) is 36.5 Å². The van der Waals surface area contributed by atoms with E-state index in [1.54, 1.807) is 12.1 Å². The Morgan fingerprint density at radius 2 is 2.00 bits per heavy atom. The second-order valence-corrected chi connectivity index (χ2v) is 5.46. The first kappa shape index (κ1) is 12.2. The summed E-state index contributed by atoms with van der Waals surface area (Å²) >= 11 is 0. The fraction of sp³-hybridized carbons (Fsp3) is 0.571. The Labute approximate surface area is 102 Å². The third kappa shape index (κ3) is 3.11. The molecule has 0 spiro atoms. The third-order valence-corrected chi connectivity index (χ3v) is 3.76. The molecule has 1 aromatic rings. The Balaban J connectivity index is 1.97. The number of rotatable bonds is 3. The number of nitrogens with two attached hydrogens (primary N) is 1. The zero-order chi connectivity index (χ0) is 12.3. The number of hydrogen-bond acceptors (Lipinski definition) is 2. The standard InChI is InChI=1S/C14H21FN2/c1-14(7-3-2-4-8-14)10-17-13-6-5-11(16)9-12(13)15/h5-6,9,17H,2-4,7-8,10,16H2,1H3. The number of halogens is 1. The van der Waals surface area contributed by atoms with E-state index < -0.39 is 0 Å². The molecule has 17 heavy (non-hydrogen) atoms. The van der Waals surface area contributed by atoms with Crippen molar-refractivity contribution in [1.82, 2.24) is 0 Å². The molecule has 1 aliphatic carbocycles. The van der Waals surface area contributed by atoms with Gasteiger partial charge in [0.15, 0.2) is 0 Å². The van der Waals surface area contributed by atoms with Crippen LogP contribution in [0.3, 0.4) is 0 Å². The first-order chi connectivity index (χ1) is 8.09. The molecule has 0 aliphatic heterocycles. The first-order valence-electron chi connectivity index (χ1n) is 6.38. The molecule has 0 saturated heterocycles. The van der Waals surface area contributed by atoms with Crippen molar-refractivity contribution in [2.24, 2.45) is 5.41 Å². The molecule has 1 aliphatic rings. The Kier molecular flexibility index (Phi) is 3.55. The molecule has 0 atom stereocenters. The lowest BCUT2D eigenvalue weighted by Crippen LogP contribution is -2.29. The van der Waals surface area contributed by atoms with Crippen molar-refractivity contribution in [2.75, 3.05) is 17.6 Å². The van der Waals surface area contributed by atoms with E-state index in [-0.39, 0.29) is 5.82 Å². The van der Waals surface area contributed by atoms with Crippen LogP contribution in [-0.4, -0.2) is 6.54 Å². The van der Waals surface area contributed by atoms with E-state index >= 15 is 0 Å². The lowest BCUT2D eigenvalue weighted by molar-refractivity contribution is 0.233. The van der Waals surface area contributed by atoms with Crippen molar-refractivity contribution in [3.8, 4) is 0 Å². The van der Waals surface area contributed by atoms with Gasteiger partial charge in [0.05, 0.1) is 5.69 Å². The van der Waals surface area contributed by atoms with E-state index in [1.807, 2.05) is 0 Å². The fourth-order valence-electron chi connectivity index (χ4n) is 2.57. The van der Waals surface area contributed by atoms with Crippen LogP contribution in [-0.2, 0) is 0 Å².